The van der Waals surface area contributed by atoms with E-state index in [0.29, 0.717) is 18.9 Å². The van der Waals surface area contributed by atoms with E-state index >= 15 is 0 Å². The quantitative estimate of drug-likeness (QED) is 0.534. The summed E-state index contributed by atoms with van der Waals surface area (Å²) in [6.45, 7) is 0.441. The van der Waals surface area contributed by atoms with Gasteiger partial charge in [-0.25, -0.2) is 8.42 Å². The molecule has 0 aromatic heterocycles. The number of amides is 1. The van der Waals surface area contributed by atoms with Crippen LogP contribution in [0, 0.1) is 0 Å². The Morgan fingerprint density at radius 2 is 1.49 bits per heavy atom. The first-order valence-corrected chi connectivity index (χ1v) is 14.5. The van der Waals surface area contributed by atoms with Crippen LogP contribution >= 0.6 is 0 Å². The lowest BCUT2D eigenvalue weighted by Crippen LogP contribution is -2.50. The molecule has 0 radical (unpaired) electrons. The molecule has 2 aliphatic carbocycles. The molecular formula is C28H39N3O3S. The van der Waals surface area contributed by atoms with Crippen molar-refractivity contribution in [2.75, 3.05) is 7.05 Å². The molecule has 190 valence electrons. The van der Waals surface area contributed by atoms with Crippen molar-refractivity contribution in [3.63, 3.8) is 0 Å². The highest BCUT2D eigenvalue weighted by molar-refractivity contribution is 7.89. The smallest absolute Gasteiger partial charge is 0.241 e. The van der Waals surface area contributed by atoms with Crippen molar-refractivity contribution in [3.05, 3.63) is 65.2 Å². The third kappa shape index (κ3) is 6.51. The van der Waals surface area contributed by atoms with E-state index in [1.54, 1.807) is 24.1 Å². The fourth-order valence-electron chi connectivity index (χ4n) is 5.55. The topological polar surface area (TPSA) is 92.5 Å². The van der Waals surface area contributed by atoms with Crippen molar-refractivity contribution < 1.29 is 13.2 Å². The minimum atomic E-state index is -3.86. The maximum atomic E-state index is 13.5. The van der Waals surface area contributed by atoms with Crippen molar-refractivity contribution in [3.8, 4) is 0 Å². The first-order valence-electron chi connectivity index (χ1n) is 13.0. The van der Waals surface area contributed by atoms with Gasteiger partial charge in [-0.15, -0.1) is 0 Å². The molecule has 2 saturated carbocycles. The molecule has 0 aliphatic heterocycles. The van der Waals surface area contributed by atoms with Gasteiger partial charge in [0.2, 0.25) is 15.9 Å². The second kappa shape index (κ2) is 11.7. The summed E-state index contributed by atoms with van der Waals surface area (Å²) in [5.41, 5.74) is 8.82. The van der Waals surface area contributed by atoms with Crippen LogP contribution in [-0.2, 0) is 27.8 Å². The molecule has 2 aliphatic rings. The molecule has 4 rings (SSSR count). The molecule has 2 fully saturated rings. The maximum absolute atomic E-state index is 13.5. The van der Waals surface area contributed by atoms with Gasteiger partial charge in [0, 0.05) is 19.6 Å². The van der Waals surface area contributed by atoms with Gasteiger partial charge in [-0.05, 0) is 66.8 Å². The van der Waals surface area contributed by atoms with Gasteiger partial charge >= 0.3 is 0 Å². The molecule has 2 aromatic carbocycles. The first kappa shape index (κ1) is 25.9. The second-order valence-electron chi connectivity index (χ2n) is 10.2. The van der Waals surface area contributed by atoms with Gasteiger partial charge in [0.15, 0.2) is 0 Å². The number of carbonyl (C=O) groups excluding carboxylic acids is 1. The summed E-state index contributed by atoms with van der Waals surface area (Å²) in [6.07, 6.45) is 10.5. The van der Waals surface area contributed by atoms with E-state index in [4.69, 9.17) is 5.73 Å². The molecule has 0 heterocycles. The van der Waals surface area contributed by atoms with Crippen LogP contribution in [0.25, 0.3) is 0 Å². The van der Waals surface area contributed by atoms with E-state index in [9.17, 15) is 13.2 Å². The number of rotatable bonds is 9. The van der Waals surface area contributed by atoms with Crippen LogP contribution in [0.3, 0.4) is 0 Å². The van der Waals surface area contributed by atoms with Crippen LogP contribution in [0.2, 0.25) is 0 Å². The molecule has 35 heavy (non-hydrogen) atoms. The predicted octanol–water partition coefficient (Wildman–Crippen LogP) is 4.48. The molecule has 7 heteroatoms. The van der Waals surface area contributed by atoms with Crippen molar-refractivity contribution >= 4 is 15.9 Å². The third-order valence-corrected chi connectivity index (χ3v) is 9.27. The molecule has 3 N–H and O–H groups in total. The normalized spacial score (nSPS) is 18.5. The Hall–Kier alpha value is -2.22. The first-order chi connectivity index (χ1) is 16.9. The Labute approximate surface area is 210 Å². The van der Waals surface area contributed by atoms with E-state index in [2.05, 4.69) is 4.72 Å². The number of hydrogen-bond acceptors (Lipinski definition) is 4. The Morgan fingerprint density at radius 1 is 0.914 bits per heavy atom. The monoisotopic (exact) mass is 497 g/mol. The number of nitrogens with two attached hydrogens (primary N) is 1. The molecule has 0 saturated heterocycles. The minimum Gasteiger partial charge on any atom is -0.341 e. The highest BCUT2D eigenvalue weighted by atomic mass is 32.2. The molecular weight excluding hydrogens is 458 g/mol. The largest absolute Gasteiger partial charge is 0.341 e. The van der Waals surface area contributed by atoms with Gasteiger partial charge in [0.05, 0.1) is 4.90 Å². The lowest BCUT2D eigenvalue weighted by molar-refractivity contribution is -0.133. The van der Waals surface area contributed by atoms with Gasteiger partial charge < -0.3 is 10.6 Å². The molecule has 0 unspecified atom stereocenters. The SMILES string of the molecule is CN(C(=O)[C@H](Cc1ccc(CN)cc1)NS(=O)(=O)c1ccc(C2CCCCC2)cc1)C1CCCC1. The van der Waals surface area contributed by atoms with Gasteiger partial charge in [-0.2, -0.15) is 4.72 Å². The van der Waals surface area contributed by atoms with Crippen LogP contribution in [0.4, 0.5) is 0 Å². The second-order valence-corrected chi connectivity index (χ2v) is 11.9. The van der Waals surface area contributed by atoms with Gasteiger partial charge in [-0.3, -0.25) is 4.79 Å². The Bertz CT molecular complexity index is 1070. The molecule has 1 atom stereocenters. The fourth-order valence-corrected chi connectivity index (χ4v) is 6.74. The Kier molecular flexibility index (Phi) is 8.63. The standard InChI is InChI=1S/C28H39N3O3S/c1-31(25-9-5-6-10-25)28(32)27(19-21-11-13-22(20-29)14-12-21)30-35(33,34)26-17-15-24(16-18-26)23-7-3-2-4-8-23/h11-18,23,25,27,30H,2-10,19-20,29H2,1H3/t27-/m0/s1. The van der Waals surface area contributed by atoms with E-state index in [-0.39, 0.29) is 16.8 Å². The van der Waals surface area contributed by atoms with Crippen LogP contribution in [-0.4, -0.2) is 38.4 Å². The van der Waals surface area contributed by atoms with Crippen molar-refractivity contribution in [2.45, 2.75) is 93.7 Å². The maximum Gasteiger partial charge on any atom is 0.241 e. The predicted molar refractivity (Wildman–Crippen MR) is 139 cm³/mol. The summed E-state index contributed by atoms with van der Waals surface area (Å²) >= 11 is 0. The van der Waals surface area contributed by atoms with Gasteiger partial charge in [-0.1, -0.05) is 68.5 Å². The number of likely N-dealkylation sites (N-methyl/N-ethyl adjacent to an activating group) is 1. The molecule has 2 aromatic rings. The number of benzene rings is 2. The Balaban J connectivity index is 1.53. The fraction of sp³-hybridized carbons (Fsp3) is 0.536. The average molecular weight is 498 g/mol. The minimum absolute atomic E-state index is 0.170. The lowest BCUT2D eigenvalue weighted by Gasteiger charge is -2.29. The highest BCUT2D eigenvalue weighted by Gasteiger charge is 2.32. The van der Waals surface area contributed by atoms with Crippen LogP contribution in [0.1, 0.15) is 80.4 Å². The van der Waals surface area contributed by atoms with Crippen LogP contribution < -0.4 is 10.5 Å². The third-order valence-electron chi connectivity index (χ3n) is 7.78. The number of sulfonamides is 1. The van der Waals surface area contributed by atoms with E-state index in [1.807, 2.05) is 36.4 Å². The average Bonchev–Trinajstić information content (AvgIpc) is 3.43. The molecule has 0 spiro atoms. The van der Waals surface area contributed by atoms with Crippen molar-refractivity contribution in [2.24, 2.45) is 5.73 Å². The van der Waals surface area contributed by atoms with Crippen molar-refractivity contribution in [1.82, 2.24) is 9.62 Å². The van der Waals surface area contributed by atoms with Gasteiger partial charge in [0.1, 0.15) is 6.04 Å². The number of nitrogens with one attached hydrogen (secondary N) is 1. The Morgan fingerprint density at radius 3 is 2.09 bits per heavy atom. The number of hydrogen-bond donors (Lipinski definition) is 2. The number of carbonyl (C=O) groups is 1. The highest BCUT2D eigenvalue weighted by Crippen LogP contribution is 2.33. The zero-order valence-electron chi connectivity index (χ0n) is 20.8. The summed E-state index contributed by atoms with van der Waals surface area (Å²) in [4.78, 5) is 15.5. The van der Waals surface area contributed by atoms with E-state index in [1.165, 1.54) is 24.8 Å². The summed E-state index contributed by atoms with van der Waals surface area (Å²) in [5, 5.41) is 0. The van der Waals surface area contributed by atoms with Crippen LogP contribution in [0.15, 0.2) is 53.4 Å². The molecule has 6 nitrogen and oxygen atoms in total. The zero-order chi connectivity index (χ0) is 24.8. The van der Waals surface area contributed by atoms with Crippen LogP contribution in [0.5, 0.6) is 0 Å². The summed E-state index contributed by atoms with van der Waals surface area (Å²) in [5.74, 6) is 0.335. The van der Waals surface area contributed by atoms with E-state index in [0.717, 1.165) is 49.7 Å². The lowest BCUT2D eigenvalue weighted by atomic mass is 9.84. The summed E-state index contributed by atoms with van der Waals surface area (Å²) in [7, 11) is -2.06. The number of nitrogens with zero attached hydrogens (tertiary/aromatic N) is 1. The van der Waals surface area contributed by atoms with E-state index < -0.39 is 16.1 Å². The zero-order valence-corrected chi connectivity index (χ0v) is 21.6. The van der Waals surface area contributed by atoms with Gasteiger partial charge in [0.25, 0.3) is 0 Å². The van der Waals surface area contributed by atoms with Crippen molar-refractivity contribution in [1.29, 1.82) is 0 Å². The summed E-state index contributed by atoms with van der Waals surface area (Å²) in [6, 6.07) is 14.3. The molecule has 1 amide bonds. The summed E-state index contributed by atoms with van der Waals surface area (Å²) < 4.78 is 29.5. The molecule has 0 bridgehead atoms.